The molecule has 3 aliphatic heterocycles. The minimum atomic E-state index is -2.33. The predicted molar refractivity (Wildman–Crippen MR) is 248 cm³/mol. The Bertz CT molecular complexity index is 2420. The first-order chi connectivity index (χ1) is 30.2. The molecule has 7 rings (SSSR count). The van der Waals surface area contributed by atoms with Gasteiger partial charge in [0.25, 0.3) is 0 Å². The molecular weight excluding hydrogens is 838 g/mol. The van der Waals surface area contributed by atoms with Crippen molar-refractivity contribution in [3.63, 3.8) is 0 Å². The number of fused-ring (bicyclic) bond motifs is 3. The monoisotopic (exact) mass is 902 g/mol. The fourth-order valence-electron chi connectivity index (χ4n) is 10.9. The number of carbonyl (C=O) groups excluding carboxylic acids is 1. The van der Waals surface area contributed by atoms with E-state index in [1.807, 2.05) is 39.5 Å². The molecule has 0 bridgehead atoms. The zero-order valence-electron chi connectivity index (χ0n) is 39.6. The van der Waals surface area contributed by atoms with Gasteiger partial charge in [-0.15, -0.1) is 5.54 Å². The number of benzene rings is 2. The van der Waals surface area contributed by atoms with E-state index in [0.29, 0.717) is 70.4 Å². The van der Waals surface area contributed by atoms with E-state index in [9.17, 15) is 9.18 Å². The normalized spacial score (nSPS) is 21.9. The van der Waals surface area contributed by atoms with Crippen molar-refractivity contribution in [1.29, 1.82) is 0 Å². The Morgan fingerprint density at radius 3 is 2.31 bits per heavy atom. The lowest BCUT2D eigenvalue weighted by Crippen LogP contribution is -2.59. The molecule has 3 saturated heterocycles. The summed E-state index contributed by atoms with van der Waals surface area (Å²) in [5.41, 5.74) is 3.67. The van der Waals surface area contributed by atoms with Crippen molar-refractivity contribution in [3.05, 3.63) is 47.7 Å². The average Bonchev–Trinajstić information content (AvgIpc) is 3.74. The molecule has 11 nitrogen and oxygen atoms in total. The topological polar surface area (TPSA) is 102 Å². The summed E-state index contributed by atoms with van der Waals surface area (Å²) in [6, 6.07) is 5.75. The Labute approximate surface area is 377 Å². The molecular formula is C49H65F3N6O5Si. The van der Waals surface area contributed by atoms with Crippen LogP contribution >= 0.6 is 0 Å². The lowest BCUT2D eigenvalue weighted by Gasteiger charge is -2.45. The quantitative estimate of drug-likeness (QED) is 0.0821. The number of hydrogen-bond donors (Lipinski definition) is 0. The minimum absolute atomic E-state index is 0.0540. The average molecular weight is 903 g/mol. The van der Waals surface area contributed by atoms with Crippen LogP contribution in [0.2, 0.25) is 16.6 Å². The predicted octanol–water partition coefficient (Wildman–Crippen LogP) is 10.5. The Morgan fingerprint density at radius 2 is 1.67 bits per heavy atom. The molecule has 4 atom stereocenters. The number of nitrogens with zero attached hydrogens (tertiary/aromatic N) is 6. The Hall–Kier alpha value is -4.65. The van der Waals surface area contributed by atoms with Crippen LogP contribution in [-0.4, -0.2) is 115 Å². The van der Waals surface area contributed by atoms with E-state index in [-0.39, 0.29) is 53.8 Å². The van der Waals surface area contributed by atoms with E-state index in [2.05, 4.69) is 57.9 Å². The smallest absolute Gasteiger partial charge is 0.410 e. The van der Waals surface area contributed by atoms with Crippen LogP contribution < -0.4 is 14.4 Å². The fraction of sp³-hybridized carbons (Fsp3) is 0.592. The second-order valence-electron chi connectivity index (χ2n) is 20.1. The maximum atomic E-state index is 17.9. The van der Waals surface area contributed by atoms with Crippen LogP contribution in [0.25, 0.3) is 32.9 Å². The number of anilines is 1. The van der Waals surface area contributed by atoms with Crippen molar-refractivity contribution in [2.75, 3.05) is 51.6 Å². The van der Waals surface area contributed by atoms with Crippen LogP contribution in [-0.2, 0) is 9.47 Å². The van der Waals surface area contributed by atoms with E-state index in [1.165, 1.54) is 19.4 Å². The number of aromatic nitrogens is 3. The van der Waals surface area contributed by atoms with E-state index < -0.39 is 43.1 Å². The first kappa shape index (κ1) is 47.3. The zero-order valence-corrected chi connectivity index (χ0v) is 40.6. The molecule has 2 aromatic carbocycles. The fourth-order valence-corrected chi connectivity index (χ4v) is 16.1. The summed E-state index contributed by atoms with van der Waals surface area (Å²) >= 11 is 0. The molecule has 64 heavy (non-hydrogen) atoms. The third-order valence-corrected chi connectivity index (χ3v) is 19.9. The highest BCUT2D eigenvalue weighted by Gasteiger charge is 2.49. The summed E-state index contributed by atoms with van der Waals surface area (Å²) < 4.78 is 72.4. The Balaban J connectivity index is 1.41. The van der Waals surface area contributed by atoms with Crippen molar-refractivity contribution in [2.24, 2.45) is 0 Å². The number of rotatable bonds is 11. The molecule has 0 unspecified atom stereocenters. The highest BCUT2D eigenvalue weighted by atomic mass is 28.3. The third-order valence-electron chi connectivity index (χ3n) is 13.6. The zero-order chi connectivity index (χ0) is 46.5. The first-order valence-corrected chi connectivity index (χ1v) is 25.0. The summed E-state index contributed by atoms with van der Waals surface area (Å²) in [7, 11) is -0.825. The van der Waals surface area contributed by atoms with Gasteiger partial charge in [-0.3, -0.25) is 14.8 Å². The number of alkyl halides is 1. The summed E-state index contributed by atoms with van der Waals surface area (Å²) in [6.45, 7) is 24.4. The van der Waals surface area contributed by atoms with Crippen molar-refractivity contribution in [2.45, 2.75) is 141 Å². The van der Waals surface area contributed by atoms with Crippen molar-refractivity contribution in [1.82, 2.24) is 24.8 Å². The second-order valence-corrected chi connectivity index (χ2v) is 25.6. The standard InChI is InChI=1S/C49H65F3N6O5Si/c1-29(2)64(30(3)4,31(5)6)19-16-37-40(51)15-14-34-20-36(62-28-60-12)21-38(41(34)37)43-42(52)44-39(23-53-43)45(56-24-32(7)58(33(8)25-56)47(59)63-48(9,10)11)55-46(54-44)61-27-49-17-13-18-57(49)26-35(50)22-49/h14-15,20-21,23,29-33,35H,13,17-18,22,24-28H2,1-12H3/t32-,33+,35-,49+/m1/s1. The first-order valence-electron chi connectivity index (χ1n) is 22.8. The minimum Gasteiger partial charge on any atom is -0.468 e. The maximum Gasteiger partial charge on any atom is 0.410 e. The van der Waals surface area contributed by atoms with E-state index >= 15 is 8.78 Å². The van der Waals surface area contributed by atoms with Gasteiger partial charge < -0.3 is 23.8 Å². The van der Waals surface area contributed by atoms with Crippen LogP contribution in [0.5, 0.6) is 11.8 Å². The molecule has 5 heterocycles. The van der Waals surface area contributed by atoms with E-state index in [4.69, 9.17) is 33.9 Å². The molecule has 15 heteroatoms. The van der Waals surface area contributed by atoms with Crippen LogP contribution in [0.15, 0.2) is 30.5 Å². The summed E-state index contributed by atoms with van der Waals surface area (Å²) in [5.74, 6) is 2.79. The molecule has 0 N–H and O–H groups in total. The van der Waals surface area contributed by atoms with Crippen LogP contribution in [0.4, 0.5) is 23.8 Å². The summed E-state index contributed by atoms with van der Waals surface area (Å²) in [5, 5.41) is 1.31. The Morgan fingerprint density at radius 1 is 0.984 bits per heavy atom. The van der Waals surface area contributed by atoms with Gasteiger partial charge in [0.1, 0.15) is 55.0 Å². The molecule has 3 aliphatic rings. The number of methoxy groups -OCH3 is 1. The van der Waals surface area contributed by atoms with Gasteiger partial charge in [-0.2, -0.15) is 9.97 Å². The molecule has 0 saturated carbocycles. The number of pyridine rings is 1. The number of ether oxygens (including phenoxy) is 4. The number of amides is 1. The van der Waals surface area contributed by atoms with Gasteiger partial charge in [0.05, 0.1) is 28.6 Å². The van der Waals surface area contributed by atoms with Crippen LogP contribution in [0.1, 0.15) is 101 Å². The van der Waals surface area contributed by atoms with Gasteiger partial charge in [0.15, 0.2) is 12.6 Å². The molecule has 346 valence electrons. The highest BCUT2D eigenvalue weighted by molar-refractivity contribution is 6.90. The summed E-state index contributed by atoms with van der Waals surface area (Å²) in [4.78, 5) is 33.7. The molecule has 4 aromatic rings. The number of piperazine rings is 1. The van der Waals surface area contributed by atoms with E-state index in [0.717, 1.165) is 19.4 Å². The van der Waals surface area contributed by atoms with Crippen LogP contribution in [0.3, 0.4) is 0 Å². The molecule has 3 fully saturated rings. The van der Waals surface area contributed by atoms with Gasteiger partial charge in [0.2, 0.25) is 0 Å². The number of hydrogen-bond acceptors (Lipinski definition) is 10. The highest BCUT2D eigenvalue weighted by Crippen LogP contribution is 2.44. The van der Waals surface area contributed by atoms with Gasteiger partial charge in [0, 0.05) is 50.3 Å². The van der Waals surface area contributed by atoms with E-state index in [1.54, 1.807) is 23.1 Å². The van der Waals surface area contributed by atoms with Gasteiger partial charge in [-0.25, -0.2) is 18.0 Å². The van der Waals surface area contributed by atoms with Crippen molar-refractivity contribution >= 4 is 41.7 Å². The lowest BCUT2D eigenvalue weighted by atomic mass is 9.95. The van der Waals surface area contributed by atoms with Crippen molar-refractivity contribution < 1.29 is 36.9 Å². The van der Waals surface area contributed by atoms with Gasteiger partial charge in [-0.05, 0) is 94.2 Å². The van der Waals surface area contributed by atoms with Crippen LogP contribution in [0, 0.1) is 23.1 Å². The van der Waals surface area contributed by atoms with Gasteiger partial charge in [-0.1, -0.05) is 53.5 Å². The summed E-state index contributed by atoms with van der Waals surface area (Å²) in [6.07, 6.45) is 2.18. The molecule has 0 radical (unpaired) electrons. The SMILES string of the molecule is COCOc1cc(-c2ncc3c(N4C[C@@H](C)N(C(=O)OC(C)(C)C)[C@@H](C)C4)nc(OC[C@@]45CCCN4C[C@H](F)C5)nc3c2F)c2c(C#C[Si](C(C)C)(C(C)C)C(C)C)c(F)ccc2c1. The third kappa shape index (κ3) is 8.99. The molecule has 1 amide bonds. The molecule has 2 aromatic heterocycles. The molecule has 0 aliphatic carbocycles. The second kappa shape index (κ2) is 18.3. The maximum absolute atomic E-state index is 17.9. The number of carbonyl (C=O) groups is 1. The van der Waals surface area contributed by atoms with Gasteiger partial charge >= 0.3 is 12.1 Å². The molecule has 0 spiro atoms. The van der Waals surface area contributed by atoms with Crippen molar-refractivity contribution in [3.8, 4) is 34.5 Å². The lowest BCUT2D eigenvalue weighted by molar-refractivity contribution is 0.00559. The number of halogens is 3. The largest absolute Gasteiger partial charge is 0.468 e. The Kier molecular flexibility index (Phi) is 13.5.